The van der Waals surface area contributed by atoms with Gasteiger partial charge in [-0.05, 0) is 49.5 Å². The molecule has 1 amide bonds. The van der Waals surface area contributed by atoms with Crippen LogP contribution in [0.25, 0.3) is 0 Å². The van der Waals surface area contributed by atoms with Crippen molar-refractivity contribution < 1.29 is 14.3 Å². The van der Waals surface area contributed by atoms with Crippen LogP contribution in [0.1, 0.15) is 18.4 Å². The van der Waals surface area contributed by atoms with Gasteiger partial charge in [0.25, 0.3) is 0 Å². The predicted molar refractivity (Wildman–Crippen MR) is 77.4 cm³/mol. The summed E-state index contributed by atoms with van der Waals surface area (Å²) in [6, 6.07) is 6.04. The lowest BCUT2D eigenvalue weighted by atomic mass is 9.84. The number of nitrogens with zero attached hydrogens (tertiary/aromatic N) is 1. The van der Waals surface area contributed by atoms with E-state index in [9.17, 15) is 4.79 Å². The summed E-state index contributed by atoms with van der Waals surface area (Å²) in [4.78, 5) is 14.7. The Morgan fingerprint density at radius 3 is 2.81 bits per heavy atom. The summed E-state index contributed by atoms with van der Waals surface area (Å²) in [5.41, 5.74) is 0.970. The van der Waals surface area contributed by atoms with Gasteiger partial charge in [0.1, 0.15) is 0 Å². The minimum absolute atomic E-state index is 0.104. The third-order valence-corrected chi connectivity index (χ3v) is 4.80. The molecule has 21 heavy (non-hydrogen) atoms. The molecule has 0 spiro atoms. The minimum atomic E-state index is 0.104. The lowest BCUT2D eigenvalue weighted by molar-refractivity contribution is -0.122. The van der Waals surface area contributed by atoms with Crippen LogP contribution >= 0.6 is 0 Å². The standard InChI is InChI=1S/C16H20N2O3/c19-16(17-13-9-18-5-3-12(13)4-6-18)8-11-1-2-14-15(7-11)21-10-20-14/h1-2,7,12-13H,3-6,8-10H2,(H,17,19)/t13-/m0/s1. The van der Waals surface area contributed by atoms with E-state index in [0.717, 1.165) is 23.6 Å². The molecule has 2 bridgehead atoms. The number of fused-ring (bicyclic) bond motifs is 4. The number of ether oxygens (including phenoxy) is 2. The van der Waals surface area contributed by atoms with Crippen molar-refractivity contribution in [3.63, 3.8) is 0 Å². The first kappa shape index (κ1) is 13.0. The van der Waals surface area contributed by atoms with Gasteiger partial charge >= 0.3 is 0 Å². The fourth-order valence-electron chi connectivity index (χ4n) is 3.62. The quantitative estimate of drug-likeness (QED) is 0.907. The number of nitrogens with one attached hydrogen (secondary N) is 1. The first-order chi connectivity index (χ1) is 10.3. The molecular formula is C16H20N2O3. The molecule has 1 N–H and O–H groups in total. The first-order valence-corrected chi connectivity index (χ1v) is 7.68. The molecule has 0 radical (unpaired) electrons. The highest BCUT2D eigenvalue weighted by Gasteiger charge is 2.34. The second-order valence-electron chi connectivity index (χ2n) is 6.18. The van der Waals surface area contributed by atoms with Crippen LogP contribution < -0.4 is 14.8 Å². The second-order valence-corrected chi connectivity index (χ2v) is 6.18. The van der Waals surface area contributed by atoms with Gasteiger partial charge in [0, 0.05) is 12.6 Å². The van der Waals surface area contributed by atoms with Crippen LogP contribution in [0.2, 0.25) is 0 Å². The molecule has 0 saturated carbocycles. The number of benzene rings is 1. The second kappa shape index (κ2) is 5.22. The zero-order valence-corrected chi connectivity index (χ0v) is 12.0. The summed E-state index contributed by atoms with van der Waals surface area (Å²) in [6.07, 6.45) is 2.84. The highest BCUT2D eigenvalue weighted by Crippen LogP contribution is 2.32. The molecule has 0 aromatic heterocycles. The maximum absolute atomic E-state index is 12.3. The zero-order valence-electron chi connectivity index (χ0n) is 12.0. The predicted octanol–water partition coefficient (Wildman–Crippen LogP) is 1.17. The minimum Gasteiger partial charge on any atom is -0.454 e. The number of piperidine rings is 3. The first-order valence-electron chi connectivity index (χ1n) is 7.68. The normalized spacial score (nSPS) is 29.4. The van der Waals surface area contributed by atoms with Gasteiger partial charge in [0.2, 0.25) is 12.7 Å². The summed E-state index contributed by atoms with van der Waals surface area (Å²) in [6.45, 7) is 3.67. The van der Waals surface area contributed by atoms with Gasteiger partial charge in [-0.25, -0.2) is 0 Å². The van der Waals surface area contributed by atoms with Crippen molar-refractivity contribution >= 4 is 5.91 Å². The summed E-state index contributed by atoms with van der Waals surface area (Å²) in [7, 11) is 0. The van der Waals surface area contributed by atoms with E-state index in [1.54, 1.807) is 0 Å². The monoisotopic (exact) mass is 288 g/mol. The van der Waals surface area contributed by atoms with Crippen LogP contribution in [0.5, 0.6) is 11.5 Å². The van der Waals surface area contributed by atoms with Gasteiger partial charge in [0.05, 0.1) is 6.42 Å². The summed E-state index contributed by atoms with van der Waals surface area (Å²) in [5.74, 6) is 2.27. The Hall–Kier alpha value is -1.75. The van der Waals surface area contributed by atoms with Gasteiger partial charge in [0.15, 0.2) is 11.5 Å². The van der Waals surface area contributed by atoms with Crippen LogP contribution in [-0.2, 0) is 11.2 Å². The number of hydrogen-bond donors (Lipinski definition) is 1. The number of hydrogen-bond acceptors (Lipinski definition) is 4. The van der Waals surface area contributed by atoms with Gasteiger partial charge in [-0.15, -0.1) is 0 Å². The highest BCUT2D eigenvalue weighted by atomic mass is 16.7. The van der Waals surface area contributed by atoms with Crippen molar-refractivity contribution in [1.82, 2.24) is 10.2 Å². The van der Waals surface area contributed by atoms with Crippen molar-refractivity contribution in [3.05, 3.63) is 23.8 Å². The molecular weight excluding hydrogens is 268 g/mol. The Bertz CT molecular complexity index is 552. The SMILES string of the molecule is O=C(Cc1ccc2c(c1)OCO2)N[C@H]1CN2CCC1CC2. The average Bonchev–Trinajstić information content (AvgIpc) is 2.96. The van der Waals surface area contributed by atoms with Crippen LogP contribution in [0, 0.1) is 5.92 Å². The van der Waals surface area contributed by atoms with E-state index < -0.39 is 0 Å². The van der Waals surface area contributed by atoms with Crippen molar-refractivity contribution in [2.24, 2.45) is 5.92 Å². The van der Waals surface area contributed by atoms with Crippen molar-refractivity contribution in [3.8, 4) is 11.5 Å². The Morgan fingerprint density at radius 1 is 1.24 bits per heavy atom. The molecule has 5 nitrogen and oxygen atoms in total. The summed E-state index contributed by atoms with van der Waals surface area (Å²) >= 11 is 0. The van der Waals surface area contributed by atoms with E-state index in [-0.39, 0.29) is 12.7 Å². The van der Waals surface area contributed by atoms with Gasteiger partial charge in [-0.3, -0.25) is 4.79 Å². The number of carbonyl (C=O) groups is 1. The Balaban J connectivity index is 1.37. The molecule has 112 valence electrons. The van der Waals surface area contributed by atoms with Gasteiger partial charge in [-0.1, -0.05) is 6.07 Å². The Morgan fingerprint density at radius 2 is 2.05 bits per heavy atom. The molecule has 1 aromatic rings. The number of carbonyl (C=O) groups excluding carboxylic acids is 1. The lowest BCUT2D eigenvalue weighted by Gasteiger charge is -2.44. The largest absolute Gasteiger partial charge is 0.454 e. The van der Waals surface area contributed by atoms with Crippen molar-refractivity contribution in [1.29, 1.82) is 0 Å². The van der Waals surface area contributed by atoms with E-state index in [1.165, 1.54) is 25.9 Å². The van der Waals surface area contributed by atoms with Crippen LogP contribution in [-0.4, -0.2) is 43.3 Å². The molecule has 5 rings (SSSR count). The highest BCUT2D eigenvalue weighted by molar-refractivity contribution is 5.79. The smallest absolute Gasteiger partial charge is 0.231 e. The molecule has 0 unspecified atom stereocenters. The van der Waals surface area contributed by atoms with Crippen molar-refractivity contribution in [2.45, 2.75) is 25.3 Å². The van der Waals surface area contributed by atoms with Crippen molar-refractivity contribution in [2.75, 3.05) is 26.4 Å². The van der Waals surface area contributed by atoms with E-state index >= 15 is 0 Å². The number of amides is 1. The topological polar surface area (TPSA) is 50.8 Å². The van der Waals surface area contributed by atoms with Crippen LogP contribution in [0.4, 0.5) is 0 Å². The van der Waals surface area contributed by atoms with E-state index in [0.29, 0.717) is 18.4 Å². The zero-order chi connectivity index (χ0) is 14.2. The van der Waals surface area contributed by atoms with E-state index in [1.807, 2.05) is 18.2 Å². The molecule has 1 aromatic carbocycles. The molecule has 4 heterocycles. The molecule has 3 saturated heterocycles. The maximum atomic E-state index is 12.3. The fraction of sp³-hybridized carbons (Fsp3) is 0.562. The Kier molecular flexibility index (Phi) is 3.22. The molecule has 3 fully saturated rings. The lowest BCUT2D eigenvalue weighted by Crippen LogP contribution is -2.57. The Labute approximate surface area is 124 Å². The fourth-order valence-corrected chi connectivity index (χ4v) is 3.62. The maximum Gasteiger partial charge on any atom is 0.231 e. The number of rotatable bonds is 3. The van der Waals surface area contributed by atoms with Crippen LogP contribution in [0.15, 0.2) is 18.2 Å². The molecule has 5 heteroatoms. The molecule has 4 aliphatic rings. The summed E-state index contributed by atoms with van der Waals surface area (Å²) < 4.78 is 10.6. The van der Waals surface area contributed by atoms with Gasteiger partial charge in [-0.2, -0.15) is 0 Å². The third-order valence-electron chi connectivity index (χ3n) is 4.80. The van der Waals surface area contributed by atoms with Gasteiger partial charge < -0.3 is 19.7 Å². The molecule has 4 aliphatic heterocycles. The summed E-state index contributed by atoms with van der Waals surface area (Å²) in [5, 5.41) is 3.21. The third kappa shape index (κ3) is 2.58. The van der Waals surface area contributed by atoms with E-state index in [4.69, 9.17) is 9.47 Å². The average molecular weight is 288 g/mol. The molecule has 0 aliphatic carbocycles. The van der Waals surface area contributed by atoms with E-state index in [2.05, 4.69) is 10.2 Å². The van der Waals surface area contributed by atoms with Crippen LogP contribution in [0.3, 0.4) is 0 Å². The molecule has 1 atom stereocenters.